The van der Waals surface area contributed by atoms with Crippen LogP contribution in [0.15, 0.2) is 54.9 Å². The van der Waals surface area contributed by atoms with Crippen molar-refractivity contribution in [3.8, 4) is 0 Å². The molecule has 0 bridgehead atoms. The SMILES string of the molecule is CC(C)(C)C(=O)NCC(=O)NC(c1ccccc1)c1ccncc1. The van der Waals surface area contributed by atoms with Gasteiger partial charge in [0.25, 0.3) is 0 Å². The third-order valence-corrected chi connectivity index (χ3v) is 3.57. The van der Waals surface area contributed by atoms with Crippen LogP contribution in [0, 0.1) is 5.41 Å². The Morgan fingerprint density at radius 1 is 1.00 bits per heavy atom. The van der Waals surface area contributed by atoms with E-state index in [-0.39, 0.29) is 24.4 Å². The van der Waals surface area contributed by atoms with E-state index in [1.807, 2.05) is 63.2 Å². The summed E-state index contributed by atoms with van der Waals surface area (Å²) >= 11 is 0. The molecule has 24 heavy (non-hydrogen) atoms. The largest absolute Gasteiger partial charge is 0.347 e. The van der Waals surface area contributed by atoms with E-state index in [0.717, 1.165) is 11.1 Å². The molecule has 0 saturated heterocycles. The highest BCUT2D eigenvalue weighted by molar-refractivity contribution is 5.87. The zero-order chi connectivity index (χ0) is 17.6. The average Bonchev–Trinajstić information content (AvgIpc) is 2.58. The zero-order valence-electron chi connectivity index (χ0n) is 14.2. The topological polar surface area (TPSA) is 71.1 Å². The fourth-order valence-electron chi connectivity index (χ4n) is 2.20. The molecule has 0 saturated carbocycles. The van der Waals surface area contributed by atoms with Gasteiger partial charge in [0.15, 0.2) is 0 Å². The summed E-state index contributed by atoms with van der Waals surface area (Å²) in [5.41, 5.74) is 1.38. The minimum absolute atomic E-state index is 0.0511. The van der Waals surface area contributed by atoms with Gasteiger partial charge in [-0.3, -0.25) is 14.6 Å². The predicted octanol–water partition coefficient (Wildman–Crippen LogP) is 2.45. The monoisotopic (exact) mass is 325 g/mol. The highest BCUT2D eigenvalue weighted by atomic mass is 16.2. The number of carbonyl (C=O) groups excluding carboxylic acids is 2. The van der Waals surface area contributed by atoms with Crippen molar-refractivity contribution in [2.24, 2.45) is 5.41 Å². The van der Waals surface area contributed by atoms with Gasteiger partial charge in [-0.25, -0.2) is 0 Å². The van der Waals surface area contributed by atoms with Crippen LogP contribution in [-0.2, 0) is 9.59 Å². The molecule has 0 aliphatic rings. The van der Waals surface area contributed by atoms with Gasteiger partial charge in [-0.1, -0.05) is 51.1 Å². The van der Waals surface area contributed by atoms with E-state index in [2.05, 4.69) is 15.6 Å². The number of hydrogen-bond donors (Lipinski definition) is 2. The minimum Gasteiger partial charge on any atom is -0.347 e. The van der Waals surface area contributed by atoms with Crippen molar-refractivity contribution in [2.45, 2.75) is 26.8 Å². The van der Waals surface area contributed by atoms with Gasteiger partial charge >= 0.3 is 0 Å². The lowest BCUT2D eigenvalue weighted by Gasteiger charge is -2.21. The average molecular weight is 325 g/mol. The molecular weight excluding hydrogens is 302 g/mol. The second-order valence-electron chi connectivity index (χ2n) is 6.62. The van der Waals surface area contributed by atoms with Crippen molar-refractivity contribution < 1.29 is 9.59 Å². The smallest absolute Gasteiger partial charge is 0.240 e. The van der Waals surface area contributed by atoms with Crippen LogP contribution in [0.4, 0.5) is 0 Å². The van der Waals surface area contributed by atoms with Crippen LogP contribution in [0.3, 0.4) is 0 Å². The molecule has 1 heterocycles. The maximum Gasteiger partial charge on any atom is 0.240 e. The first kappa shape index (κ1) is 17.7. The Kier molecular flexibility index (Phi) is 5.68. The van der Waals surface area contributed by atoms with Crippen LogP contribution >= 0.6 is 0 Å². The molecule has 0 aliphatic heterocycles. The molecule has 1 unspecified atom stereocenters. The lowest BCUT2D eigenvalue weighted by molar-refractivity contribution is -0.131. The normalized spacial score (nSPS) is 12.3. The number of nitrogens with zero attached hydrogens (tertiary/aromatic N) is 1. The maximum absolute atomic E-state index is 12.3. The highest BCUT2D eigenvalue weighted by Gasteiger charge is 2.22. The fourth-order valence-corrected chi connectivity index (χ4v) is 2.20. The van der Waals surface area contributed by atoms with Crippen molar-refractivity contribution in [1.29, 1.82) is 0 Å². The molecule has 2 N–H and O–H groups in total. The number of benzene rings is 1. The Bertz CT molecular complexity index is 639. The lowest BCUT2D eigenvalue weighted by Crippen LogP contribution is -2.42. The predicted molar refractivity (Wildman–Crippen MR) is 93.1 cm³/mol. The number of nitrogens with one attached hydrogen (secondary N) is 2. The summed E-state index contributed by atoms with van der Waals surface area (Å²) in [6, 6.07) is 13.1. The van der Waals surface area contributed by atoms with E-state index in [0.29, 0.717) is 0 Å². The van der Waals surface area contributed by atoms with E-state index >= 15 is 0 Å². The van der Waals surface area contributed by atoms with Crippen LogP contribution < -0.4 is 10.6 Å². The number of carbonyl (C=O) groups is 2. The number of rotatable bonds is 5. The zero-order valence-corrected chi connectivity index (χ0v) is 14.2. The fraction of sp³-hybridized carbons (Fsp3) is 0.316. The second-order valence-corrected chi connectivity index (χ2v) is 6.62. The van der Waals surface area contributed by atoms with Crippen LogP contribution in [0.5, 0.6) is 0 Å². The molecule has 0 radical (unpaired) electrons. The molecule has 2 amide bonds. The van der Waals surface area contributed by atoms with Crippen LogP contribution in [-0.4, -0.2) is 23.3 Å². The summed E-state index contributed by atoms with van der Waals surface area (Å²) < 4.78 is 0. The van der Waals surface area contributed by atoms with E-state index in [9.17, 15) is 9.59 Å². The third kappa shape index (κ3) is 4.91. The number of aromatic nitrogens is 1. The molecular formula is C19H23N3O2. The molecule has 126 valence electrons. The molecule has 5 heteroatoms. The van der Waals surface area contributed by atoms with Crippen molar-refractivity contribution in [3.05, 3.63) is 66.0 Å². The highest BCUT2D eigenvalue weighted by Crippen LogP contribution is 2.21. The van der Waals surface area contributed by atoms with Gasteiger partial charge in [0.1, 0.15) is 0 Å². The van der Waals surface area contributed by atoms with Crippen molar-refractivity contribution in [3.63, 3.8) is 0 Å². The van der Waals surface area contributed by atoms with Gasteiger partial charge in [-0.15, -0.1) is 0 Å². The second kappa shape index (κ2) is 7.73. The summed E-state index contributed by atoms with van der Waals surface area (Å²) in [4.78, 5) is 28.2. The van der Waals surface area contributed by atoms with Gasteiger partial charge in [0.2, 0.25) is 11.8 Å². The molecule has 0 aliphatic carbocycles. The van der Waals surface area contributed by atoms with Gasteiger partial charge in [-0.05, 0) is 23.3 Å². The molecule has 2 aromatic rings. The summed E-state index contributed by atoms with van der Waals surface area (Å²) in [5.74, 6) is -0.393. The first-order chi connectivity index (χ1) is 11.4. The molecule has 2 rings (SSSR count). The summed E-state index contributed by atoms with van der Waals surface area (Å²) in [6.45, 7) is 5.38. The van der Waals surface area contributed by atoms with E-state index in [1.165, 1.54) is 0 Å². The molecule has 0 spiro atoms. The molecule has 0 fully saturated rings. The Hall–Kier alpha value is -2.69. The van der Waals surface area contributed by atoms with Gasteiger partial charge in [0.05, 0.1) is 12.6 Å². The minimum atomic E-state index is -0.524. The standard InChI is InChI=1S/C19H23N3O2/c1-19(2,3)18(24)21-13-16(23)22-17(14-7-5-4-6-8-14)15-9-11-20-12-10-15/h4-12,17H,13H2,1-3H3,(H,21,24)(H,22,23). The third-order valence-electron chi connectivity index (χ3n) is 3.57. The maximum atomic E-state index is 12.3. The van der Waals surface area contributed by atoms with Crippen molar-refractivity contribution in [1.82, 2.24) is 15.6 Å². The van der Waals surface area contributed by atoms with Crippen molar-refractivity contribution in [2.75, 3.05) is 6.54 Å². The summed E-state index contributed by atoms with van der Waals surface area (Å²) in [5, 5.41) is 5.64. The van der Waals surface area contributed by atoms with Crippen molar-refractivity contribution >= 4 is 11.8 Å². The number of hydrogen-bond acceptors (Lipinski definition) is 3. The molecule has 1 aromatic carbocycles. The first-order valence-electron chi connectivity index (χ1n) is 7.90. The van der Waals surface area contributed by atoms with Crippen LogP contribution in [0.1, 0.15) is 37.9 Å². The van der Waals surface area contributed by atoms with Crippen LogP contribution in [0.2, 0.25) is 0 Å². The van der Waals surface area contributed by atoms with Crippen LogP contribution in [0.25, 0.3) is 0 Å². The van der Waals surface area contributed by atoms with Gasteiger partial charge in [-0.2, -0.15) is 0 Å². The van der Waals surface area contributed by atoms with E-state index in [1.54, 1.807) is 12.4 Å². The number of pyridine rings is 1. The number of amides is 2. The van der Waals surface area contributed by atoms with Gasteiger partial charge in [0, 0.05) is 17.8 Å². The summed E-state index contributed by atoms with van der Waals surface area (Å²) in [6.07, 6.45) is 3.39. The first-order valence-corrected chi connectivity index (χ1v) is 7.90. The van der Waals surface area contributed by atoms with E-state index in [4.69, 9.17) is 0 Å². The Labute approximate surface area is 142 Å². The molecule has 1 aromatic heterocycles. The molecule has 5 nitrogen and oxygen atoms in total. The lowest BCUT2D eigenvalue weighted by atomic mass is 9.96. The Balaban J connectivity index is 2.09. The Morgan fingerprint density at radius 3 is 2.17 bits per heavy atom. The Morgan fingerprint density at radius 2 is 1.58 bits per heavy atom. The van der Waals surface area contributed by atoms with E-state index < -0.39 is 5.41 Å². The summed E-state index contributed by atoms with van der Waals surface area (Å²) in [7, 11) is 0. The molecule has 1 atom stereocenters. The quantitative estimate of drug-likeness (QED) is 0.887. The van der Waals surface area contributed by atoms with Gasteiger partial charge < -0.3 is 10.6 Å².